The monoisotopic (exact) mass is 585 g/mol. The number of aliphatic hydroxyl groups excluding tert-OH is 1. The third-order valence-electron chi connectivity index (χ3n) is 6.21. The van der Waals surface area contributed by atoms with E-state index in [-0.39, 0.29) is 37.2 Å². The third-order valence-corrected chi connectivity index (χ3v) is 6.21. The lowest BCUT2D eigenvalue weighted by molar-refractivity contribution is -0.135. The minimum Gasteiger partial charge on any atom is -0.394 e. The minimum absolute atomic E-state index is 0.0429. The lowest BCUT2D eigenvalue weighted by Gasteiger charge is -2.27. The van der Waals surface area contributed by atoms with Crippen molar-refractivity contribution in [3.8, 4) is 0 Å². The van der Waals surface area contributed by atoms with E-state index in [2.05, 4.69) is 26.3 Å². The molecule has 13 N–H and O–H groups in total. The summed E-state index contributed by atoms with van der Waals surface area (Å²) >= 11 is 0. The average molecular weight is 586 g/mol. The van der Waals surface area contributed by atoms with Crippen LogP contribution in [-0.2, 0) is 24.0 Å². The van der Waals surface area contributed by atoms with Crippen molar-refractivity contribution >= 4 is 35.9 Å². The number of carbonyl (C=O) groups is 5. The number of guanidine groups is 1. The molecule has 0 aromatic rings. The Bertz CT molecular complexity index is 864. The summed E-state index contributed by atoms with van der Waals surface area (Å²) in [5, 5.41) is 20.0. The number of nitrogens with zero attached hydrogens (tertiary/aromatic N) is 1. The van der Waals surface area contributed by atoms with Gasteiger partial charge in [0.2, 0.25) is 23.6 Å². The van der Waals surface area contributed by atoms with E-state index in [0.29, 0.717) is 38.5 Å². The lowest BCUT2D eigenvalue weighted by Crippen LogP contribution is -2.59. The highest BCUT2D eigenvalue weighted by atomic mass is 16.3. The Kier molecular flexibility index (Phi) is 18.9. The third kappa shape index (κ3) is 15.9. The predicted molar refractivity (Wildman–Crippen MR) is 156 cm³/mol. The Morgan fingerprint density at radius 2 is 1.37 bits per heavy atom. The molecule has 0 unspecified atom stereocenters. The van der Waals surface area contributed by atoms with Crippen molar-refractivity contribution in [3.05, 3.63) is 0 Å². The van der Waals surface area contributed by atoms with Gasteiger partial charge in [0, 0.05) is 6.54 Å². The maximum atomic E-state index is 13.3. The van der Waals surface area contributed by atoms with Crippen LogP contribution in [0.15, 0.2) is 4.99 Å². The molecule has 0 fully saturated rings. The topological polar surface area (TPSA) is 270 Å². The standard InChI is InChI=1S/C26H51N9O6/c1-15(2)12-19(24(40)35-21(14-37)25(41)34-20(13-36)16(3)4)33-23(39)18(9-7-11-31-26(29)30)32-22(38)17(28)8-5-6-10-27/h13,15-21,37H,5-12,14,27-28H2,1-4H3,(H,32,38)(H,33,39)(H,34,41)(H,35,40)(H4,29,30,31)/t17-,18-,19-,20+,21-/m0/s1. The van der Waals surface area contributed by atoms with E-state index in [1.807, 2.05) is 13.8 Å². The van der Waals surface area contributed by atoms with Crippen molar-refractivity contribution in [2.75, 3.05) is 19.7 Å². The van der Waals surface area contributed by atoms with Crippen LogP contribution in [0, 0.1) is 11.8 Å². The van der Waals surface area contributed by atoms with Crippen LogP contribution in [0.2, 0.25) is 0 Å². The number of aliphatic hydroxyl groups is 1. The lowest BCUT2D eigenvalue weighted by atomic mass is 10.0. The van der Waals surface area contributed by atoms with Gasteiger partial charge in [-0.1, -0.05) is 34.1 Å². The molecule has 0 saturated heterocycles. The van der Waals surface area contributed by atoms with Gasteiger partial charge >= 0.3 is 0 Å². The molecule has 5 atom stereocenters. The van der Waals surface area contributed by atoms with Gasteiger partial charge in [0.05, 0.1) is 18.7 Å². The number of rotatable bonds is 21. The number of carbonyl (C=O) groups excluding carboxylic acids is 5. The molecule has 0 rings (SSSR count). The van der Waals surface area contributed by atoms with Gasteiger partial charge in [-0.05, 0) is 50.5 Å². The second-order valence-corrected chi connectivity index (χ2v) is 10.7. The van der Waals surface area contributed by atoms with Gasteiger partial charge in [0.25, 0.3) is 0 Å². The fourth-order valence-electron chi connectivity index (χ4n) is 3.76. The van der Waals surface area contributed by atoms with Crippen molar-refractivity contribution < 1.29 is 29.1 Å². The van der Waals surface area contributed by atoms with Crippen molar-refractivity contribution in [3.63, 3.8) is 0 Å². The number of hydrogen-bond acceptors (Lipinski definition) is 9. The van der Waals surface area contributed by atoms with Crippen LogP contribution in [-0.4, -0.2) is 90.9 Å². The Morgan fingerprint density at radius 1 is 0.805 bits per heavy atom. The number of hydrogen-bond donors (Lipinski definition) is 9. The number of nitrogens with one attached hydrogen (secondary N) is 4. The molecule has 0 aliphatic carbocycles. The second-order valence-electron chi connectivity index (χ2n) is 10.7. The maximum Gasteiger partial charge on any atom is 0.245 e. The van der Waals surface area contributed by atoms with Crippen LogP contribution in [0.1, 0.15) is 66.2 Å². The van der Waals surface area contributed by atoms with Gasteiger partial charge < -0.3 is 54.1 Å². The zero-order valence-electron chi connectivity index (χ0n) is 24.7. The van der Waals surface area contributed by atoms with Gasteiger partial charge in [-0.2, -0.15) is 0 Å². The van der Waals surface area contributed by atoms with E-state index in [1.54, 1.807) is 13.8 Å². The Morgan fingerprint density at radius 3 is 1.88 bits per heavy atom. The number of aldehydes is 1. The molecule has 0 aromatic carbocycles. The molecule has 15 heteroatoms. The summed E-state index contributed by atoms with van der Waals surface area (Å²) in [5.41, 5.74) is 22.2. The number of nitrogens with two attached hydrogens (primary N) is 4. The Balaban J connectivity index is 5.67. The number of aliphatic imine (C=N–C) groups is 1. The highest BCUT2D eigenvalue weighted by Crippen LogP contribution is 2.09. The van der Waals surface area contributed by atoms with E-state index in [4.69, 9.17) is 22.9 Å². The SMILES string of the molecule is CC(C)C[C@H](NC(=O)[C@H](CCCN=C(N)N)NC(=O)[C@@H](N)CCCCN)C(=O)N[C@@H](CO)C(=O)N[C@H](C=O)C(C)C. The van der Waals surface area contributed by atoms with Crippen molar-refractivity contribution in [2.24, 2.45) is 39.8 Å². The van der Waals surface area contributed by atoms with Crippen LogP contribution in [0.5, 0.6) is 0 Å². The fraction of sp³-hybridized carbons (Fsp3) is 0.769. The minimum atomic E-state index is -1.35. The summed E-state index contributed by atoms with van der Waals surface area (Å²) in [6, 6.07) is -5.14. The molecular weight excluding hydrogens is 534 g/mol. The molecule has 41 heavy (non-hydrogen) atoms. The normalized spacial score (nSPS) is 14.8. The van der Waals surface area contributed by atoms with Gasteiger partial charge in [-0.25, -0.2) is 0 Å². The molecule has 0 radical (unpaired) electrons. The first-order chi connectivity index (χ1) is 19.3. The molecule has 236 valence electrons. The summed E-state index contributed by atoms with van der Waals surface area (Å²) in [6.07, 6.45) is 3.02. The van der Waals surface area contributed by atoms with Crippen LogP contribution in [0.25, 0.3) is 0 Å². The maximum absolute atomic E-state index is 13.3. The first-order valence-electron chi connectivity index (χ1n) is 14.1. The molecule has 0 aromatic heterocycles. The van der Waals surface area contributed by atoms with Crippen LogP contribution in [0.4, 0.5) is 0 Å². The highest BCUT2D eigenvalue weighted by Gasteiger charge is 2.31. The summed E-state index contributed by atoms with van der Waals surface area (Å²) < 4.78 is 0. The molecule has 0 bridgehead atoms. The number of amides is 4. The summed E-state index contributed by atoms with van der Waals surface area (Å²) in [5.74, 6) is -2.97. The van der Waals surface area contributed by atoms with Crippen molar-refractivity contribution in [1.29, 1.82) is 0 Å². The summed E-state index contributed by atoms with van der Waals surface area (Å²) in [4.78, 5) is 67.0. The highest BCUT2D eigenvalue weighted by molar-refractivity contribution is 5.95. The largest absolute Gasteiger partial charge is 0.394 e. The fourth-order valence-corrected chi connectivity index (χ4v) is 3.76. The van der Waals surface area contributed by atoms with Gasteiger partial charge in [0.1, 0.15) is 24.4 Å². The quantitative estimate of drug-likeness (QED) is 0.0291. The first kappa shape index (κ1) is 37.7. The van der Waals surface area contributed by atoms with Crippen LogP contribution in [0.3, 0.4) is 0 Å². The summed E-state index contributed by atoms with van der Waals surface area (Å²) in [7, 11) is 0. The van der Waals surface area contributed by atoms with E-state index in [9.17, 15) is 29.1 Å². The molecular formula is C26H51N9O6. The van der Waals surface area contributed by atoms with Crippen molar-refractivity contribution in [2.45, 2.75) is 96.4 Å². The molecule has 0 aliphatic heterocycles. The zero-order valence-corrected chi connectivity index (χ0v) is 24.7. The van der Waals surface area contributed by atoms with E-state index >= 15 is 0 Å². The van der Waals surface area contributed by atoms with Gasteiger partial charge in [0.15, 0.2) is 5.96 Å². The Labute approximate surface area is 242 Å². The van der Waals surface area contributed by atoms with Gasteiger partial charge in [-0.15, -0.1) is 0 Å². The molecule has 15 nitrogen and oxygen atoms in total. The molecule has 4 amide bonds. The Hall–Kier alpha value is -3.30. The molecule has 0 saturated carbocycles. The predicted octanol–water partition coefficient (Wildman–Crippen LogP) is -2.67. The average Bonchev–Trinajstić information content (AvgIpc) is 2.90. The molecule has 0 spiro atoms. The van der Waals surface area contributed by atoms with Gasteiger partial charge in [-0.3, -0.25) is 24.2 Å². The van der Waals surface area contributed by atoms with Crippen LogP contribution < -0.4 is 44.2 Å². The van der Waals surface area contributed by atoms with Crippen molar-refractivity contribution in [1.82, 2.24) is 21.3 Å². The van der Waals surface area contributed by atoms with E-state index in [1.165, 1.54) is 0 Å². The van der Waals surface area contributed by atoms with E-state index < -0.39 is 60.4 Å². The first-order valence-corrected chi connectivity index (χ1v) is 14.1. The number of unbranched alkanes of at least 4 members (excludes halogenated alkanes) is 1. The van der Waals surface area contributed by atoms with Crippen LogP contribution >= 0.6 is 0 Å². The molecule has 0 heterocycles. The zero-order chi connectivity index (χ0) is 31.5. The second kappa shape index (κ2) is 20.6. The molecule has 0 aliphatic rings. The van der Waals surface area contributed by atoms with E-state index in [0.717, 1.165) is 0 Å². The smallest absolute Gasteiger partial charge is 0.245 e. The summed E-state index contributed by atoms with van der Waals surface area (Å²) in [6.45, 7) is 7.11.